The zero-order valence-corrected chi connectivity index (χ0v) is 13.1. The third kappa shape index (κ3) is 4.32. The number of aromatic nitrogens is 3. The normalized spacial score (nSPS) is 11.5. The Hall–Kier alpha value is -2.95. The van der Waals surface area contributed by atoms with E-state index in [9.17, 15) is 22.8 Å². The molecule has 2 heterocycles. The average Bonchev–Trinajstić information content (AvgIpc) is 2.94. The third-order valence-electron chi connectivity index (χ3n) is 2.89. The van der Waals surface area contributed by atoms with Crippen LogP contribution in [0.3, 0.4) is 0 Å². The molecular formula is C14H9F3N4O3S. The van der Waals surface area contributed by atoms with Gasteiger partial charge in [-0.2, -0.15) is 18.3 Å². The number of nitrogens with zero attached hydrogens (tertiary/aromatic N) is 2. The fourth-order valence-electron chi connectivity index (χ4n) is 1.85. The molecule has 0 spiro atoms. The predicted octanol–water partition coefficient (Wildman–Crippen LogP) is 2.57. The zero-order valence-electron chi connectivity index (χ0n) is 12.3. The van der Waals surface area contributed by atoms with Crippen LogP contribution in [0.25, 0.3) is 10.2 Å². The minimum absolute atomic E-state index is 0.00643. The minimum Gasteiger partial charge on any atom is -0.484 e. The van der Waals surface area contributed by atoms with Crippen LogP contribution in [0, 0.1) is 0 Å². The second-order valence-electron chi connectivity index (χ2n) is 4.81. The van der Waals surface area contributed by atoms with Crippen molar-refractivity contribution in [1.82, 2.24) is 15.2 Å². The van der Waals surface area contributed by atoms with Crippen molar-refractivity contribution in [3.8, 4) is 5.75 Å². The second kappa shape index (κ2) is 6.51. The van der Waals surface area contributed by atoms with Crippen LogP contribution in [0.5, 0.6) is 5.75 Å². The van der Waals surface area contributed by atoms with Crippen LogP contribution in [-0.4, -0.2) is 33.9 Å². The molecule has 0 aliphatic carbocycles. The number of aromatic amines is 1. The summed E-state index contributed by atoms with van der Waals surface area (Å²) in [6.07, 6.45) is -4.43. The maximum Gasteiger partial charge on any atom is 0.422 e. The third-order valence-corrected chi connectivity index (χ3v) is 3.83. The van der Waals surface area contributed by atoms with E-state index >= 15 is 0 Å². The summed E-state index contributed by atoms with van der Waals surface area (Å²) in [5.74, 6) is -0.530. The number of nitrogens with one attached hydrogen (secondary N) is 2. The summed E-state index contributed by atoms with van der Waals surface area (Å²) in [7, 11) is 0. The van der Waals surface area contributed by atoms with Crippen molar-refractivity contribution in [2.45, 2.75) is 6.18 Å². The number of amides is 1. The predicted molar refractivity (Wildman–Crippen MR) is 84.0 cm³/mol. The molecule has 0 aliphatic rings. The molecule has 0 saturated carbocycles. The largest absolute Gasteiger partial charge is 0.484 e. The molecule has 1 aromatic carbocycles. The number of carbonyl (C=O) groups excluding carboxylic acids is 1. The first-order valence-corrected chi connectivity index (χ1v) is 7.59. The van der Waals surface area contributed by atoms with Crippen molar-refractivity contribution in [2.24, 2.45) is 0 Å². The first-order chi connectivity index (χ1) is 11.8. The molecule has 0 aliphatic heterocycles. The smallest absolute Gasteiger partial charge is 0.422 e. The highest BCUT2D eigenvalue weighted by Gasteiger charge is 2.28. The van der Waals surface area contributed by atoms with Gasteiger partial charge in [-0.1, -0.05) is 11.3 Å². The van der Waals surface area contributed by atoms with Gasteiger partial charge in [-0.25, -0.2) is 10.1 Å². The first kappa shape index (κ1) is 16.9. The summed E-state index contributed by atoms with van der Waals surface area (Å²) in [4.78, 5) is 27.1. The van der Waals surface area contributed by atoms with Gasteiger partial charge in [0.15, 0.2) is 11.7 Å². The fourth-order valence-corrected chi connectivity index (χ4v) is 2.73. The van der Waals surface area contributed by atoms with E-state index in [4.69, 9.17) is 0 Å². The van der Waals surface area contributed by atoms with Gasteiger partial charge in [0, 0.05) is 6.07 Å². The second-order valence-corrected chi connectivity index (χ2v) is 5.84. The van der Waals surface area contributed by atoms with Gasteiger partial charge in [0.05, 0.1) is 10.2 Å². The molecule has 7 nitrogen and oxygen atoms in total. The molecule has 0 fully saturated rings. The first-order valence-electron chi connectivity index (χ1n) is 6.77. The van der Waals surface area contributed by atoms with Crippen molar-refractivity contribution in [1.29, 1.82) is 0 Å². The molecule has 0 bridgehead atoms. The summed E-state index contributed by atoms with van der Waals surface area (Å²) >= 11 is 1.07. The Kier molecular flexibility index (Phi) is 4.40. The van der Waals surface area contributed by atoms with Gasteiger partial charge in [-0.3, -0.25) is 14.9 Å². The molecule has 0 unspecified atom stereocenters. The van der Waals surface area contributed by atoms with Crippen molar-refractivity contribution < 1.29 is 22.7 Å². The van der Waals surface area contributed by atoms with E-state index in [2.05, 4.69) is 25.2 Å². The number of alkyl halides is 3. The van der Waals surface area contributed by atoms with Gasteiger partial charge >= 0.3 is 6.18 Å². The molecule has 3 aromatic rings. The van der Waals surface area contributed by atoms with E-state index in [1.54, 1.807) is 0 Å². The van der Waals surface area contributed by atoms with Crippen LogP contribution in [-0.2, 0) is 0 Å². The van der Waals surface area contributed by atoms with Gasteiger partial charge in [0.25, 0.3) is 11.5 Å². The molecular weight excluding hydrogens is 361 g/mol. The Bertz CT molecular complexity index is 963. The Morgan fingerprint density at radius 1 is 1.28 bits per heavy atom. The molecule has 0 saturated heterocycles. The number of hydrogen-bond acceptors (Lipinski definition) is 6. The van der Waals surface area contributed by atoms with Crippen LogP contribution < -0.4 is 15.6 Å². The van der Waals surface area contributed by atoms with Gasteiger partial charge in [0.2, 0.25) is 0 Å². The van der Waals surface area contributed by atoms with E-state index in [0.29, 0.717) is 10.2 Å². The Labute approximate surface area is 141 Å². The van der Waals surface area contributed by atoms with Gasteiger partial charge in [-0.15, -0.1) is 0 Å². The van der Waals surface area contributed by atoms with Crippen molar-refractivity contribution in [2.75, 3.05) is 11.9 Å². The van der Waals surface area contributed by atoms with Crippen molar-refractivity contribution in [3.05, 3.63) is 46.4 Å². The summed E-state index contributed by atoms with van der Waals surface area (Å²) in [6, 6.07) is 6.68. The summed E-state index contributed by atoms with van der Waals surface area (Å²) in [5.41, 5.74) is 0.0464. The van der Waals surface area contributed by atoms with Gasteiger partial charge < -0.3 is 4.74 Å². The quantitative estimate of drug-likeness (QED) is 0.736. The average molecular weight is 370 g/mol. The van der Waals surface area contributed by atoms with Crippen LogP contribution in [0.2, 0.25) is 0 Å². The molecule has 2 aromatic heterocycles. The number of halogens is 3. The molecule has 0 radical (unpaired) electrons. The number of thiazole rings is 1. The maximum atomic E-state index is 12.2. The lowest BCUT2D eigenvalue weighted by Crippen LogP contribution is -2.19. The van der Waals surface area contributed by atoms with Gasteiger partial charge in [0.1, 0.15) is 11.4 Å². The standard InChI is InChI=1S/C14H9F3N4O3S/c15-14(16,17)6-24-7-1-2-8-10(5-7)25-13(18-8)19-12(23)9-3-4-11(22)21-20-9/h1-5H,6H2,(H,21,22)(H,18,19,23). The van der Waals surface area contributed by atoms with Crippen LogP contribution >= 0.6 is 11.3 Å². The topological polar surface area (TPSA) is 97.0 Å². The molecule has 2 N–H and O–H groups in total. The van der Waals surface area contributed by atoms with Gasteiger partial charge in [-0.05, 0) is 24.3 Å². The number of benzene rings is 1. The highest BCUT2D eigenvalue weighted by atomic mass is 32.1. The van der Waals surface area contributed by atoms with Crippen LogP contribution in [0.15, 0.2) is 35.1 Å². The number of carbonyl (C=O) groups is 1. The highest BCUT2D eigenvalue weighted by molar-refractivity contribution is 7.22. The monoisotopic (exact) mass is 370 g/mol. The number of anilines is 1. The lowest BCUT2D eigenvalue weighted by Gasteiger charge is -2.08. The van der Waals surface area contributed by atoms with E-state index in [1.807, 2.05) is 0 Å². The number of H-pyrrole nitrogens is 1. The van der Waals surface area contributed by atoms with E-state index in [0.717, 1.165) is 17.4 Å². The maximum absolute atomic E-state index is 12.2. The number of rotatable bonds is 4. The Morgan fingerprint density at radius 3 is 2.76 bits per heavy atom. The summed E-state index contributed by atoms with van der Waals surface area (Å²) < 4.78 is 41.8. The molecule has 11 heteroatoms. The van der Waals surface area contributed by atoms with E-state index in [-0.39, 0.29) is 16.6 Å². The Balaban J connectivity index is 1.75. The number of ether oxygens (including phenoxy) is 1. The van der Waals surface area contributed by atoms with Crippen molar-refractivity contribution in [3.63, 3.8) is 0 Å². The summed E-state index contributed by atoms with van der Waals surface area (Å²) in [6.45, 7) is -1.39. The molecule has 130 valence electrons. The molecule has 25 heavy (non-hydrogen) atoms. The van der Waals surface area contributed by atoms with Crippen LogP contribution in [0.1, 0.15) is 10.5 Å². The van der Waals surface area contributed by atoms with E-state index in [1.165, 1.54) is 24.3 Å². The SMILES string of the molecule is O=C(Nc1nc2ccc(OCC(F)(F)F)cc2s1)c1ccc(=O)[nH]n1. The fraction of sp³-hybridized carbons (Fsp3) is 0.143. The number of fused-ring (bicyclic) bond motifs is 1. The van der Waals surface area contributed by atoms with Crippen LogP contribution in [0.4, 0.5) is 18.3 Å². The summed E-state index contributed by atoms with van der Waals surface area (Å²) in [5, 5.41) is 8.47. The zero-order chi connectivity index (χ0) is 18.0. The highest BCUT2D eigenvalue weighted by Crippen LogP contribution is 2.30. The lowest BCUT2D eigenvalue weighted by molar-refractivity contribution is -0.153. The molecule has 1 amide bonds. The van der Waals surface area contributed by atoms with Crippen molar-refractivity contribution >= 4 is 32.6 Å². The minimum atomic E-state index is -4.43. The van der Waals surface area contributed by atoms with E-state index < -0.39 is 24.2 Å². The molecule has 3 rings (SSSR count). The Morgan fingerprint density at radius 2 is 2.08 bits per heavy atom. The molecule has 0 atom stereocenters. The number of hydrogen-bond donors (Lipinski definition) is 2. The lowest BCUT2D eigenvalue weighted by atomic mass is 10.3.